The quantitative estimate of drug-likeness (QED) is 0.775. The van der Waals surface area contributed by atoms with Crippen LogP contribution in [0.5, 0.6) is 0 Å². The zero-order valence-electron chi connectivity index (χ0n) is 9.77. The molecular formula is C13H17N3. The molecule has 0 aromatic heterocycles. The highest BCUT2D eigenvalue weighted by Crippen LogP contribution is 2.18. The number of hydrogen-bond donors (Lipinski definition) is 1. The number of piperazine rings is 1. The van der Waals surface area contributed by atoms with Gasteiger partial charge in [0, 0.05) is 30.9 Å². The van der Waals surface area contributed by atoms with Gasteiger partial charge in [0.25, 0.3) is 0 Å². The number of nitrogens with one attached hydrogen (secondary N) is 1. The minimum absolute atomic E-state index is 0.513. The van der Waals surface area contributed by atoms with Crippen molar-refractivity contribution in [3.05, 3.63) is 29.8 Å². The van der Waals surface area contributed by atoms with Crippen molar-refractivity contribution in [2.45, 2.75) is 25.9 Å². The van der Waals surface area contributed by atoms with E-state index >= 15 is 0 Å². The molecule has 0 saturated carbocycles. The molecule has 1 fully saturated rings. The molecule has 0 spiro atoms. The molecule has 1 aliphatic heterocycles. The van der Waals surface area contributed by atoms with Gasteiger partial charge in [0.1, 0.15) is 0 Å². The monoisotopic (exact) mass is 215 g/mol. The van der Waals surface area contributed by atoms with Gasteiger partial charge in [0.15, 0.2) is 0 Å². The maximum Gasteiger partial charge on any atom is 0.0991 e. The van der Waals surface area contributed by atoms with E-state index in [4.69, 9.17) is 5.26 Å². The molecule has 84 valence electrons. The van der Waals surface area contributed by atoms with Crippen molar-refractivity contribution in [3.63, 3.8) is 0 Å². The van der Waals surface area contributed by atoms with Crippen molar-refractivity contribution in [3.8, 4) is 6.07 Å². The molecule has 0 bridgehead atoms. The second kappa shape index (κ2) is 4.54. The Kier molecular flexibility index (Phi) is 3.12. The van der Waals surface area contributed by atoms with E-state index in [1.807, 2.05) is 24.3 Å². The number of anilines is 1. The maximum atomic E-state index is 8.75. The summed E-state index contributed by atoms with van der Waals surface area (Å²) in [5.74, 6) is 0. The Bertz CT molecular complexity index is 381. The standard InChI is InChI=1S/C13H17N3/c1-10-8-16(9-11(2)15-10)13-5-3-12(7-14)4-6-13/h3-6,10-11,15H,8-9H2,1-2H3/t10-,11-/m0/s1. The van der Waals surface area contributed by atoms with Gasteiger partial charge in [-0.25, -0.2) is 0 Å². The topological polar surface area (TPSA) is 39.1 Å². The summed E-state index contributed by atoms with van der Waals surface area (Å²) in [5.41, 5.74) is 1.93. The summed E-state index contributed by atoms with van der Waals surface area (Å²) in [7, 11) is 0. The summed E-state index contributed by atoms with van der Waals surface area (Å²) in [4.78, 5) is 2.37. The van der Waals surface area contributed by atoms with Crippen molar-refractivity contribution in [1.82, 2.24) is 5.32 Å². The first-order valence-corrected chi connectivity index (χ1v) is 5.70. The third-order valence-corrected chi connectivity index (χ3v) is 2.92. The second-order valence-corrected chi connectivity index (χ2v) is 4.53. The first-order chi connectivity index (χ1) is 7.69. The van der Waals surface area contributed by atoms with Crippen LogP contribution < -0.4 is 10.2 Å². The van der Waals surface area contributed by atoms with Gasteiger partial charge in [0.05, 0.1) is 11.6 Å². The molecule has 1 saturated heterocycles. The van der Waals surface area contributed by atoms with Crippen LogP contribution in [0.15, 0.2) is 24.3 Å². The SMILES string of the molecule is C[C@H]1CN(c2ccc(C#N)cc2)C[C@H](C)N1. The van der Waals surface area contributed by atoms with Crippen LogP contribution in [0.1, 0.15) is 19.4 Å². The van der Waals surface area contributed by atoms with E-state index < -0.39 is 0 Å². The van der Waals surface area contributed by atoms with E-state index in [1.54, 1.807) is 0 Å². The number of benzene rings is 1. The van der Waals surface area contributed by atoms with E-state index in [0.29, 0.717) is 12.1 Å². The molecule has 0 unspecified atom stereocenters. The van der Waals surface area contributed by atoms with E-state index in [1.165, 1.54) is 5.69 Å². The summed E-state index contributed by atoms with van der Waals surface area (Å²) in [5, 5.41) is 12.3. The van der Waals surface area contributed by atoms with Crippen LogP contribution in [0.25, 0.3) is 0 Å². The Labute approximate surface area is 96.7 Å². The van der Waals surface area contributed by atoms with Gasteiger partial charge in [-0.05, 0) is 38.1 Å². The molecule has 3 nitrogen and oxygen atoms in total. The Balaban J connectivity index is 2.14. The highest BCUT2D eigenvalue weighted by Gasteiger charge is 2.20. The molecule has 1 aliphatic rings. The highest BCUT2D eigenvalue weighted by atomic mass is 15.2. The van der Waals surface area contributed by atoms with E-state index in [-0.39, 0.29) is 0 Å². The first-order valence-electron chi connectivity index (χ1n) is 5.70. The van der Waals surface area contributed by atoms with Crippen LogP contribution in [-0.4, -0.2) is 25.2 Å². The number of nitrogens with zero attached hydrogens (tertiary/aromatic N) is 2. The summed E-state index contributed by atoms with van der Waals surface area (Å²) in [6.07, 6.45) is 0. The fourth-order valence-electron chi connectivity index (χ4n) is 2.28. The predicted molar refractivity (Wildman–Crippen MR) is 65.4 cm³/mol. The van der Waals surface area contributed by atoms with Gasteiger partial charge in [-0.3, -0.25) is 0 Å². The average molecular weight is 215 g/mol. The fraction of sp³-hybridized carbons (Fsp3) is 0.462. The lowest BCUT2D eigenvalue weighted by Crippen LogP contribution is -2.54. The minimum Gasteiger partial charge on any atom is -0.368 e. The number of hydrogen-bond acceptors (Lipinski definition) is 3. The fourth-order valence-corrected chi connectivity index (χ4v) is 2.28. The molecule has 2 rings (SSSR count). The van der Waals surface area contributed by atoms with Crippen molar-refractivity contribution >= 4 is 5.69 Å². The molecule has 16 heavy (non-hydrogen) atoms. The van der Waals surface area contributed by atoms with Crippen molar-refractivity contribution in [2.75, 3.05) is 18.0 Å². The smallest absolute Gasteiger partial charge is 0.0991 e. The second-order valence-electron chi connectivity index (χ2n) is 4.53. The van der Waals surface area contributed by atoms with Crippen LogP contribution in [0.2, 0.25) is 0 Å². The Morgan fingerprint density at radius 1 is 1.19 bits per heavy atom. The minimum atomic E-state index is 0.513. The zero-order chi connectivity index (χ0) is 11.5. The lowest BCUT2D eigenvalue weighted by atomic mass is 10.1. The Morgan fingerprint density at radius 3 is 2.25 bits per heavy atom. The molecule has 0 aliphatic carbocycles. The summed E-state index contributed by atoms with van der Waals surface area (Å²) in [6, 6.07) is 11.0. The Morgan fingerprint density at radius 2 is 1.75 bits per heavy atom. The molecule has 0 radical (unpaired) electrons. The molecule has 2 atom stereocenters. The van der Waals surface area contributed by atoms with Gasteiger partial charge < -0.3 is 10.2 Å². The third-order valence-electron chi connectivity index (χ3n) is 2.92. The van der Waals surface area contributed by atoms with E-state index in [9.17, 15) is 0 Å². The molecule has 1 aromatic rings. The van der Waals surface area contributed by atoms with Crippen molar-refractivity contribution < 1.29 is 0 Å². The van der Waals surface area contributed by atoms with Gasteiger partial charge in [0.2, 0.25) is 0 Å². The molecule has 3 heteroatoms. The summed E-state index contributed by atoms with van der Waals surface area (Å²) in [6.45, 7) is 6.45. The lowest BCUT2D eigenvalue weighted by molar-refractivity contribution is 0.407. The lowest BCUT2D eigenvalue weighted by Gasteiger charge is -2.37. The van der Waals surface area contributed by atoms with Gasteiger partial charge in [-0.15, -0.1) is 0 Å². The average Bonchev–Trinajstić information content (AvgIpc) is 2.28. The molecular weight excluding hydrogens is 198 g/mol. The third kappa shape index (κ3) is 2.34. The number of nitriles is 1. The zero-order valence-corrected chi connectivity index (χ0v) is 9.77. The summed E-state index contributed by atoms with van der Waals surface area (Å²) >= 11 is 0. The van der Waals surface area contributed by atoms with Crippen LogP contribution in [0.3, 0.4) is 0 Å². The van der Waals surface area contributed by atoms with Crippen LogP contribution in [0, 0.1) is 11.3 Å². The van der Waals surface area contributed by atoms with Crippen molar-refractivity contribution in [2.24, 2.45) is 0 Å². The maximum absolute atomic E-state index is 8.75. The molecule has 1 aromatic carbocycles. The predicted octanol–water partition coefficient (Wildman–Crippen LogP) is 1.74. The van der Waals surface area contributed by atoms with E-state index in [0.717, 1.165) is 18.7 Å². The normalized spacial score (nSPS) is 25.2. The summed E-state index contributed by atoms with van der Waals surface area (Å²) < 4.78 is 0. The largest absolute Gasteiger partial charge is 0.368 e. The molecule has 1 N–H and O–H groups in total. The van der Waals surface area contributed by atoms with E-state index in [2.05, 4.69) is 30.1 Å². The first kappa shape index (κ1) is 11.0. The Hall–Kier alpha value is -1.53. The van der Waals surface area contributed by atoms with Crippen LogP contribution in [0.4, 0.5) is 5.69 Å². The molecule has 0 amide bonds. The van der Waals surface area contributed by atoms with Gasteiger partial charge >= 0.3 is 0 Å². The highest BCUT2D eigenvalue weighted by molar-refractivity contribution is 5.50. The molecule has 1 heterocycles. The van der Waals surface area contributed by atoms with Crippen LogP contribution in [-0.2, 0) is 0 Å². The van der Waals surface area contributed by atoms with Crippen molar-refractivity contribution in [1.29, 1.82) is 5.26 Å². The van der Waals surface area contributed by atoms with Gasteiger partial charge in [-0.1, -0.05) is 0 Å². The van der Waals surface area contributed by atoms with Crippen LogP contribution >= 0.6 is 0 Å². The van der Waals surface area contributed by atoms with Gasteiger partial charge in [-0.2, -0.15) is 5.26 Å². The number of rotatable bonds is 1.